The molecule has 0 aliphatic rings. The van der Waals surface area contributed by atoms with E-state index in [0.717, 1.165) is 31.0 Å². The largest absolute Gasteiger partial charge is 0.347 e. The molecule has 2 rings (SSSR count). The van der Waals surface area contributed by atoms with E-state index < -0.39 is 0 Å². The highest BCUT2D eigenvalue weighted by molar-refractivity contribution is 7.99. The molecule has 0 saturated carbocycles. The Morgan fingerprint density at radius 3 is 2.41 bits per heavy atom. The molecular weight excluding hydrogens is 401 g/mol. The predicted molar refractivity (Wildman–Crippen MR) is 123 cm³/mol. The summed E-state index contributed by atoms with van der Waals surface area (Å²) in [4.78, 5) is 14.6. The van der Waals surface area contributed by atoms with Crippen molar-refractivity contribution >= 4 is 53.3 Å². The van der Waals surface area contributed by atoms with Gasteiger partial charge in [0.25, 0.3) is 0 Å². The van der Waals surface area contributed by atoms with Crippen LogP contribution in [0.5, 0.6) is 0 Å². The van der Waals surface area contributed by atoms with E-state index in [9.17, 15) is 4.79 Å². The lowest BCUT2D eigenvalue weighted by Crippen LogP contribution is -2.34. The van der Waals surface area contributed by atoms with Gasteiger partial charge < -0.3 is 16.0 Å². The van der Waals surface area contributed by atoms with Gasteiger partial charge in [0.15, 0.2) is 0 Å². The van der Waals surface area contributed by atoms with Crippen LogP contribution >= 0.6 is 36.6 Å². The fourth-order valence-electron chi connectivity index (χ4n) is 2.84. The molecule has 0 heterocycles. The van der Waals surface area contributed by atoms with Crippen molar-refractivity contribution in [1.29, 1.82) is 0 Å². The number of thioether (sulfide) groups is 1. The zero-order valence-electron chi connectivity index (χ0n) is 16.0. The van der Waals surface area contributed by atoms with E-state index in [2.05, 4.69) is 48.3 Å². The topological polar surface area (TPSA) is 58.4 Å². The van der Waals surface area contributed by atoms with Crippen molar-refractivity contribution in [3.63, 3.8) is 0 Å². The Hall–Kier alpha value is -0.980. The van der Waals surface area contributed by atoms with Crippen molar-refractivity contribution in [2.45, 2.75) is 19.9 Å². The number of amides is 1. The van der Waals surface area contributed by atoms with Crippen LogP contribution in [0.15, 0.2) is 42.5 Å². The third-order valence-electron chi connectivity index (χ3n) is 4.43. The Bertz CT molecular complexity index is 683. The van der Waals surface area contributed by atoms with E-state index in [-0.39, 0.29) is 36.8 Å². The van der Waals surface area contributed by atoms with Crippen molar-refractivity contribution in [2.75, 3.05) is 37.7 Å². The molecule has 152 valence electrons. The third-order valence-corrected chi connectivity index (χ3v) is 5.36. The van der Waals surface area contributed by atoms with Crippen LogP contribution in [0, 0.1) is 0 Å². The van der Waals surface area contributed by atoms with E-state index in [1.807, 2.05) is 18.2 Å². The van der Waals surface area contributed by atoms with Crippen LogP contribution < -0.4 is 11.1 Å². The Labute approximate surface area is 179 Å². The number of benzene rings is 2. The number of hydrogen-bond acceptors (Lipinski definition) is 4. The zero-order chi connectivity index (χ0) is 18.1. The SMILES string of the molecule is CCN(CC)CCSCC(=O)NC(CN)c1ccc2ccccc2c1.Cl.Cl. The van der Waals surface area contributed by atoms with E-state index in [4.69, 9.17) is 5.73 Å². The quantitative estimate of drug-likeness (QED) is 0.560. The maximum atomic E-state index is 12.2. The lowest BCUT2D eigenvalue weighted by atomic mass is 10.0. The molecule has 0 bridgehead atoms. The second kappa shape index (κ2) is 14.1. The van der Waals surface area contributed by atoms with Crippen molar-refractivity contribution in [3.8, 4) is 0 Å². The van der Waals surface area contributed by atoms with Gasteiger partial charge in [-0.3, -0.25) is 4.79 Å². The average Bonchev–Trinajstić information content (AvgIpc) is 2.66. The van der Waals surface area contributed by atoms with E-state index >= 15 is 0 Å². The molecule has 4 nitrogen and oxygen atoms in total. The van der Waals surface area contributed by atoms with Crippen molar-refractivity contribution in [3.05, 3.63) is 48.0 Å². The summed E-state index contributed by atoms with van der Waals surface area (Å²) in [6.45, 7) is 7.86. The number of nitrogens with one attached hydrogen (secondary N) is 1. The summed E-state index contributed by atoms with van der Waals surface area (Å²) in [5.41, 5.74) is 6.96. The van der Waals surface area contributed by atoms with Crippen molar-refractivity contribution in [1.82, 2.24) is 10.2 Å². The molecule has 0 aliphatic heterocycles. The fourth-order valence-corrected chi connectivity index (χ4v) is 3.64. The van der Waals surface area contributed by atoms with Gasteiger partial charge in [-0.2, -0.15) is 11.8 Å². The van der Waals surface area contributed by atoms with E-state index in [1.165, 1.54) is 10.8 Å². The highest BCUT2D eigenvalue weighted by atomic mass is 35.5. The van der Waals surface area contributed by atoms with Crippen LogP contribution in [0.4, 0.5) is 0 Å². The molecule has 0 saturated heterocycles. The molecule has 3 N–H and O–H groups in total. The summed E-state index contributed by atoms with van der Waals surface area (Å²) in [6, 6.07) is 14.3. The summed E-state index contributed by atoms with van der Waals surface area (Å²) in [5.74, 6) is 1.50. The first-order chi connectivity index (χ1) is 12.2. The van der Waals surface area contributed by atoms with Crippen LogP contribution in [0.1, 0.15) is 25.5 Å². The molecule has 1 unspecified atom stereocenters. The smallest absolute Gasteiger partial charge is 0.230 e. The molecule has 7 heteroatoms. The average molecular weight is 432 g/mol. The lowest BCUT2D eigenvalue weighted by Gasteiger charge is -2.19. The van der Waals surface area contributed by atoms with Gasteiger partial charge in [-0.15, -0.1) is 24.8 Å². The number of nitrogens with zero attached hydrogens (tertiary/aromatic N) is 1. The molecule has 0 aromatic heterocycles. The summed E-state index contributed by atoms with van der Waals surface area (Å²) in [6.07, 6.45) is 0. The molecule has 1 atom stereocenters. The first-order valence-electron chi connectivity index (χ1n) is 8.96. The van der Waals surface area contributed by atoms with Gasteiger partial charge in [-0.25, -0.2) is 0 Å². The summed E-state index contributed by atoms with van der Waals surface area (Å²) in [5, 5.41) is 5.43. The molecule has 0 radical (unpaired) electrons. The van der Waals surface area contributed by atoms with Gasteiger partial charge in [0.1, 0.15) is 0 Å². The zero-order valence-corrected chi connectivity index (χ0v) is 18.5. The molecule has 2 aromatic carbocycles. The summed E-state index contributed by atoms with van der Waals surface area (Å²) in [7, 11) is 0. The predicted octanol–water partition coefficient (Wildman–Crippen LogP) is 3.87. The van der Waals surface area contributed by atoms with Crippen LogP contribution in [0.25, 0.3) is 10.8 Å². The van der Waals surface area contributed by atoms with Gasteiger partial charge in [-0.1, -0.05) is 50.2 Å². The Morgan fingerprint density at radius 1 is 1.11 bits per heavy atom. The Balaban J connectivity index is 0.00000338. The summed E-state index contributed by atoms with van der Waals surface area (Å²) >= 11 is 1.68. The molecule has 27 heavy (non-hydrogen) atoms. The van der Waals surface area contributed by atoms with Gasteiger partial charge >= 0.3 is 0 Å². The molecule has 0 aliphatic carbocycles. The number of halogens is 2. The van der Waals surface area contributed by atoms with Crippen LogP contribution in [0.2, 0.25) is 0 Å². The van der Waals surface area contributed by atoms with Crippen LogP contribution in [0.3, 0.4) is 0 Å². The van der Waals surface area contributed by atoms with E-state index in [0.29, 0.717) is 12.3 Å². The molecular formula is C20H31Cl2N3OS. The molecule has 0 spiro atoms. The molecule has 0 fully saturated rings. The minimum absolute atomic E-state index is 0. The standard InChI is InChI=1S/C20H29N3OS.2ClH/c1-3-23(4-2)11-12-25-15-20(24)22-19(14-21)18-10-9-16-7-5-6-8-17(16)13-18;;/h5-10,13,19H,3-4,11-12,14-15,21H2,1-2H3,(H,22,24);2*1H. The van der Waals surface area contributed by atoms with Crippen LogP contribution in [-0.4, -0.2) is 48.5 Å². The van der Waals surface area contributed by atoms with Crippen molar-refractivity contribution < 1.29 is 4.79 Å². The fraction of sp³-hybridized carbons (Fsp3) is 0.450. The van der Waals surface area contributed by atoms with Crippen LogP contribution in [-0.2, 0) is 4.79 Å². The number of carbonyl (C=O) groups excluding carboxylic acids is 1. The first-order valence-corrected chi connectivity index (χ1v) is 10.1. The van der Waals surface area contributed by atoms with Crippen molar-refractivity contribution in [2.24, 2.45) is 5.73 Å². The number of rotatable bonds is 10. The molecule has 1 amide bonds. The van der Waals surface area contributed by atoms with Gasteiger partial charge in [0.2, 0.25) is 5.91 Å². The monoisotopic (exact) mass is 431 g/mol. The number of hydrogen-bond donors (Lipinski definition) is 2. The highest BCUT2D eigenvalue weighted by Crippen LogP contribution is 2.20. The second-order valence-corrected chi connectivity index (χ2v) is 7.15. The molecule has 2 aromatic rings. The second-order valence-electron chi connectivity index (χ2n) is 6.04. The minimum atomic E-state index is -0.138. The number of nitrogens with two attached hydrogens (primary N) is 1. The van der Waals surface area contributed by atoms with E-state index in [1.54, 1.807) is 11.8 Å². The van der Waals surface area contributed by atoms with Gasteiger partial charge in [0, 0.05) is 18.8 Å². The maximum absolute atomic E-state index is 12.2. The van der Waals surface area contributed by atoms with Gasteiger partial charge in [0.05, 0.1) is 11.8 Å². The van der Waals surface area contributed by atoms with Gasteiger partial charge in [-0.05, 0) is 35.5 Å². The Morgan fingerprint density at radius 2 is 1.78 bits per heavy atom. The summed E-state index contributed by atoms with van der Waals surface area (Å²) < 4.78 is 0. The first kappa shape index (κ1) is 26.0. The maximum Gasteiger partial charge on any atom is 0.230 e. The normalized spacial score (nSPS) is 11.6. The Kier molecular flexibility index (Phi) is 13.6. The third kappa shape index (κ3) is 8.28. The number of fused-ring (bicyclic) bond motifs is 1. The number of carbonyl (C=O) groups is 1. The lowest BCUT2D eigenvalue weighted by molar-refractivity contribution is -0.119. The minimum Gasteiger partial charge on any atom is -0.347 e. The highest BCUT2D eigenvalue weighted by Gasteiger charge is 2.13.